The number of rotatable bonds is 7. The zero-order chi connectivity index (χ0) is 13.4. The lowest BCUT2D eigenvalue weighted by Crippen LogP contribution is -2.30. The van der Waals surface area contributed by atoms with Gasteiger partial charge in [-0.15, -0.1) is 12.4 Å². The second-order valence-electron chi connectivity index (χ2n) is 4.01. The van der Waals surface area contributed by atoms with E-state index in [4.69, 9.17) is 22.1 Å². The molecule has 2 N–H and O–H groups in total. The number of hydrogen-bond acceptors (Lipinski definition) is 3. The molecule has 19 heavy (non-hydrogen) atoms. The molecule has 1 amide bonds. The van der Waals surface area contributed by atoms with Crippen LogP contribution in [0.3, 0.4) is 0 Å². The van der Waals surface area contributed by atoms with Gasteiger partial charge in [-0.05, 0) is 24.6 Å². The van der Waals surface area contributed by atoms with Crippen LogP contribution in [0.4, 0.5) is 0 Å². The standard InChI is InChI=1S/C13H19ClN2O2.ClH/c1-16(13(17)6-7-15)8-3-9-18-12-5-2-4-11(14)10-12;/h2,4-5,10H,3,6-9,15H2,1H3;1H. The van der Waals surface area contributed by atoms with E-state index in [0.29, 0.717) is 31.1 Å². The summed E-state index contributed by atoms with van der Waals surface area (Å²) in [6.07, 6.45) is 1.17. The Morgan fingerprint density at radius 1 is 1.47 bits per heavy atom. The summed E-state index contributed by atoms with van der Waals surface area (Å²) in [6.45, 7) is 1.61. The van der Waals surface area contributed by atoms with Gasteiger partial charge in [-0.1, -0.05) is 17.7 Å². The van der Waals surface area contributed by atoms with E-state index in [0.717, 1.165) is 12.2 Å². The molecule has 1 aromatic rings. The van der Waals surface area contributed by atoms with Crippen LogP contribution in [0.5, 0.6) is 5.75 Å². The lowest BCUT2D eigenvalue weighted by atomic mass is 10.3. The van der Waals surface area contributed by atoms with Crippen molar-refractivity contribution < 1.29 is 9.53 Å². The number of carbonyl (C=O) groups is 1. The van der Waals surface area contributed by atoms with Gasteiger partial charge in [0.1, 0.15) is 5.75 Å². The van der Waals surface area contributed by atoms with Crippen LogP contribution in [0.15, 0.2) is 24.3 Å². The fourth-order valence-corrected chi connectivity index (χ4v) is 1.67. The summed E-state index contributed by atoms with van der Waals surface area (Å²) in [5.74, 6) is 0.818. The summed E-state index contributed by atoms with van der Waals surface area (Å²) in [5.41, 5.74) is 5.33. The molecule has 0 heterocycles. The van der Waals surface area contributed by atoms with E-state index in [-0.39, 0.29) is 18.3 Å². The topological polar surface area (TPSA) is 55.6 Å². The third-order valence-corrected chi connectivity index (χ3v) is 2.72. The van der Waals surface area contributed by atoms with Crippen LogP contribution in [0.2, 0.25) is 5.02 Å². The summed E-state index contributed by atoms with van der Waals surface area (Å²) in [5, 5.41) is 0.655. The van der Waals surface area contributed by atoms with Crippen molar-refractivity contribution in [1.29, 1.82) is 0 Å². The molecule has 0 saturated carbocycles. The van der Waals surface area contributed by atoms with E-state index >= 15 is 0 Å². The van der Waals surface area contributed by atoms with Gasteiger partial charge in [0.2, 0.25) is 5.91 Å². The maximum atomic E-state index is 11.4. The fraction of sp³-hybridized carbons (Fsp3) is 0.462. The number of ether oxygens (including phenoxy) is 1. The quantitative estimate of drug-likeness (QED) is 0.787. The number of amides is 1. The van der Waals surface area contributed by atoms with Crippen LogP contribution in [0.25, 0.3) is 0 Å². The van der Waals surface area contributed by atoms with Crippen LogP contribution < -0.4 is 10.5 Å². The molecule has 0 saturated heterocycles. The Kier molecular flexibility index (Phi) is 9.39. The van der Waals surface area contributed by atoms with Gasteiger partial charge >= 0.3 is 0 Å². The Labute approximate surface area is 125 Å². The van der Waals surface area contributed by atoms with Gasteiger partial charge in [0.15, 0.2) is 0 Å². The van der Waals surface area contributed by atoms with Crippen molar-refractivity contribution in [3.63, 3.8) is 0 Å². The van der Waals surface area contributed by atoms with Crippen molar-refractivity contribution in [1.82, 2.24) is 4.90 Å². The highest BCUT2D eigenvalue weighted by Gasteiger charge is 2.06. The van der Waals surface area contributed by atoms with Gasteiger partial charge in [0, 0.05) is 31.6 Å². The molecule has 0 aliphatic heterocycles. The second kappa shape index (κ2) is 9.89. The lowest BCUT2D eigenvalue weighted by Gasteiger charge is -2.16. The summed E-state index contributed by atoms with van der Waals surface area (Å²) in [6, 6.07) is 7.27. The minimum Gasteiger partial charge on any atom is -0.493 e. The van der Waals surface area contributed by atoms with Crippen LogP contribution in [-0.2, 0) is 4.79 Å². The molecule has 6 heteroatoms. The van der Waals surface area contributed by atoms with Crippen molar-refractivity contribution in [2.24, 2.45) is 5.73 Å². The van der Waals surface area contributed by atoms with Crippen LogP contribution in [0.1, 0.15) is 12.8 Å². The number of carbonyl (C=O) groups excluding carboxylic acids is 1. The van der Waals surface area contributed by atoms with Crippen molar-refractivity contribution in [2.45, 2.75) is 12.8 Å². The predicted octanol–water partition coefficient (Wildman–Crippen LogP) is 2.34. The average molecular weight is 307 g/mol. The number of nitrogens with zero attached hydrogens (tertiary/aromatic N) is 1. The van der Waals surface area contributed by atoms with Gasteiger partial charge in [-0.25, -0.2) is 0 Å². The molecule has 0 bridgehead atoms. The molecule has 0 unspecified atom stereocenters. The molecule has 0 aliphatic rings. The lowest BCUT2D eigenvalue weighted by molar-refractivity contribution is -0.129. The zero-order valence-corrected chi connectivity index (χ0v) is 12.5. The summed E-state index contributed by atoms with van der Waals surface area (Å²) in [4.78, 5) is 13.1. The SMILES string of the molecule is CN(CCCOc1cccc(Cl)c1)C(=O)CCN.Cl. The van der Waals surface area contributed by atoms with Crippen molar-refractivity contribution in [3.05, 3.63) is 29.3 Å². The largest absolute Gasteiger partial charge is 0.493 e. The van der Waals surface area contributed by atoms with Crippen LogP contribution >= 0.6 is 24.0 Å². The first-order chi connectivity index (χ1) is 8.63. The zero-order valence-electron chi connectivity index (χ0n) is 11.0. The highest BCUT2D eigenvalue weighted by atomic mass is 35.5. The Morgan fingerprint density at radius 2 is 2.21 bits per heavy atom. The molecule has 0 aliphatic carbocycles. The Hall–Kier alpha value is -0.970. The molecule has 1 rings (SSSR count). The first-order valence-corrected chi connectivity index (χ1v) is 6.33. The van der Waals surface area contributed by atoms with E-state index in [9.17, 15) is 4.79 Å². The Bertz CT molecular complexity index is 389. The number of hydrogen-bond donors (Lipinski definition) is 1. The minimum atomic E-state index is 0. The van der Waals surface area contributed by atoms with E-state index < -0.39 is 0 Å². The van der Waals surface area contributed by atoms with Crippen molar-refractivity contribution in [3.8, 4) is 5.75 Å². The molecular formula is C13H20Cl2N2O2. The number of benzene rings is 1. The maximum Gasteiger partial charge on any atom is 0.223 e. The van der Waals surface area contributed by atoms with E-state index in [1.165, 1.54) is 0 Å². The molecule has 0 radical (unpaired) electrons. The maximum absolute atomic E-state index is 11.4. The molecule has 0 fully saturated rings. The van der Waals surface area contributed by atoms with Gasteiger partial charge < -0.3 is 15.4 Å². The van der Waals surface area contributed by atoms with Gasteiger partial charge in [0.05, 0.1) is 6.61 Å². The molecule has 0 atom stereocenters. The first-order valence-electron chi connectivity index (χ1n) is 5.96. The third-order valence-electron chi connectivity index (χ3n) is 2.49. The third kappa shape index (κ3) is 7.25. The monoisotopic (exact) mass is 306 g/mol. The normalized spacial score (nSPS) is 9.63. The fourth-order valence-electron chi connectivity index (χ4n) is 1.49. The average Bonchev–Trinajstić information content (AvgIpc) is 2.35. The molecule has 4 nitrogen and oxygen atoms in total. The van der Waals surface area contributed by atoms with Crippen LogP contribution in [-0.4, -0.2) is 37.6 Å². The summed E-state index contributed by atoms with van der Waals surface area (Å²) < 4.78 is 5.53. The smallest absolute Gasteiger partial charge is 0.223 e. The number of nitrogens with two attached hydrogens (primary N) is 1. The highest BCUT2D eigenvalue weighted by Crippen LogP contribution is 2.17. The molecule has 0 aromatic heterocycles. The van der Waals surface area contributed by atoms with Crippen LogP contribution in [0, 0.1) is 0 Å². The van der Waals surface area contributed by atoms with Gasteiger partial charge in [-0.2, -0.15) is 0 Å². The van der Waals surface area contributed by atoms with Crippen molar-refractivity contribution in [2.75, 3.05) is 26.7 Å². The summed E-state index contributed by atoms with van der Waals surface area (Å²) in [7, 11) is 1.78. The Balaban J connectivity index is 0.00000324. The second-order valence-corrected chi connectivity index (χ2v) is 4.45. The van der Waals surface area contributed by atoms with E-state index in [2.05, 4.69) is 0 Å². The molecular weight excluding hydrogens is 287 g/mol. The Morgan fingerprint density at radius 3 is 2.84 bits per heavy atom. The minimum absolute atomic E-state index is 0. The molecule has 108 valence electrons. The first kappa shape index (κ1) is 18.0. The molecule has 0 spiro atoms. The van der Waals surface area contributed by atoms with Gasteiger partial charge in [0.25, 0.3) is 0 Å². The van der Waals surface area contributed by atoms with E-state index in [1.807, 2.05) is 12.1 Å². The van der Waals surface area contributed by atoms with E-state index in [1.54, 1.807) is 24.1 Å². The van der Waals surface area contributed by atoms with Crippen molar-refractivity contribution >= 4 is 29.9 Å². The van der Waals surface area contributed by atoms with Gasteiger partial charge in [-0.3, -0.25) is 4.79 Å². The number of halogens is 2. The molecule has 1 aromatic carbocycles. The highest BCUT2D eigenvalue weighted by molar-refractivity contribution is 6.30. The predicted molar refractivity (Wildman–Crippen MR) is 80.1 cm³/mol. The summed E-state index contributed by atoms with van der Waals surface area (Å²) >= 11 is 5.84.